The normalized spacial score (nSPS) is 10.6. The van der Waals surface area contributed by atoms with E-state index in [2.05, 4.69) is 32.7 Å². The first-order valence-corrected chi connectivity index (χ1v) is 10.2. The largest absolute Gasteiger partial charge is 0.326 e. The maximum Gasteiger partial charge on any atom is 0.234 e. The molecule has 2 heterocycles. The van der Waals surface area contributed by atoms with Crippen LogP contribution in [-0.4, -0.2) is 37.3 Å². The Kier molecular flexibility index (Phi) is 6.96. The van der Waals surface area contributed by atoms with E-state index in [9.17, 15) is 9.59 Å². The van der Waals surface area contributed by atoms with Crippen LogP contribution >= 0.6 is 11.8 Å². The first-order valence-electron chi connectivity index (χ1n) is 9.20. The molecule has 0 unspecified atom stereocenters. The molecule has 150 valence electrons. The highest BCUT2D eigenvalue weighted by Gasteiger charge is 2.15. The van der Waals surface area contributed by atoms with Gasteiger partial charge in [-0.05, 0) is 36.8 Å². The fourth-order valence-electron chi connectivity index (χ4n) is 2.73. The van der Waals surface area contributed by atoms with Gasteiger partial charge in [0.05, 0.1) is 5.75 Å². The Balaban J connectivity index is 1.66. The number of benzene rings is 1. The Bertz CT molecular complexity index is 990. The second-order valence-corrected chi connectivity index (χ2v) is 7.24. The molecule has 29 heavy (non-hydrogen) atoms. The second kappa shape index (κ2) is 9.83. The lowest BCUT2D eigenvalue weighted by atomic mass is 10.2. The number of thioether (sulfide) groups is 1. The summed E-state index contributed by atoms with van der Waals surface area (Å²) in [7, 11) is 0. The summed E-state index contributed by atoms with van der Waals surface area (Å²) >= 11 is 1.33. The van der Waals surface area contributed by atoms with Crippen LogP contribution in [0.15, 0.2) is 53.9 Å². The van der Waals surface area contributed by atoms with Crippen LogP contribution in [0.4, 0.5) is 11.4 Å². The van der Waals surface area contributed by atoms with E-state index in [1.165, 1.54) is 18.7 Å². The summed E-state index contributed by atoms with van der Waals surface area (Å²) in [5.74, 6) is 0.609. The summed E-state index contributed by atoms with van der Waals surface area (Å²) in [6, 6.07) is 10.8. The van der Waals surface area contributed by atoms with Crippen LogP contribution in [0.1, 0.15) is 20.3 Å². The standard InChI is InChI=1S/C20H22N6O2S/c1-3-10-26-19(15-6-5-9-21-12-15)24-25-20(26)29-13-18(28)23-17-8-4-7-16(11-17)22-14(2)27/h4-9,11-12H,3,10,13H2,1-2H3,(H,22,27)(H,23,28). The van der Waals surface area contributed by atoms with Gasteiger partial charge < -0.3 is 15.2 Å². The molecular formula is C20H22N6O2S. The summed E-state index contributed by atoms with van der Waals surface area (Å²) in [6.45, 7) is 4.27. The van der Waals surface area contributed by atoms with E-state index in [4.69, 9.17) is 0 Å². The lowest BCUT2D eigenvalue weighted by molar-refractivity contribution is -0.114. The van der Waals surface area contributed by atoms with E-state index >= 15 is 0 Å². The van der Waals surface area contributed by atoms with Crippen LogP contribution in [-0.2, 0) is 16.1 Å². The van der Waals surface area contributed by atoms with Crippen molar-refractivity contribution in [2.45, 2.75) is 32.0 Å². The maximum absolute atomic E-state index is 12.4. The van der Waals surface area contributed by atoms with Gasteiger partial charge in [-0.3, -0.25) is 14.6 Å². The van der Waals surface area contributed by atoms with E-state index in [-0.39, 0.29) is 17.6 Å². The number of carbonyl (C=O) groups excluding carboxylic acids is 2. The van der Waals surface area contributed by atoms with E-state index in [0.717, 1.165) is 24.4 Å². The number of nitrogens with one attached hydrogen (secondary N) is 2. The molecule has 0 radical (unpaired) electrons. The Morgan fingerprint density at radius 2 is 1.90 bits per heavy atom. The first-order chi connectivity index (χ1) is 14.1. The number of aromatic nitrogens is 4. The molecule has 1 aromatic carbocycles. The van der Waals surface area contributed by atoms with Crippen LogP contribution in [0.2, 0.25) is 0 Å². The molecule has 0 aliphatic carbocycles. The number of anilines is 2. The van der Waals surface area contributed by atoms with Crippen LogP contribution in [0.25, 0.3) is 11.4 Å². The van der Waals surface area contributed by atoms with Gasteiger partial charge in [-0.15, -0.1) is 10.2 Å². The van der Waals surface area contributed by atoms with Crippen molar-refractivity contribution in [1.82, 2.24) is 19.7 Å². The minimum absolute atomic E-state index is 0.163. The molecule has 2 aromatic heterocycles. The zero-order chi connectivity index (χ0) is 20.6. The zero-order valence-corrected chi connectivity index (χ0v) is 17.1. The third kappa shape index (κ3) is 5.64. The van der Waals surface area contributed by atoms with Crippen LogP contribution in [0, 0.1) is 0 Å². The van der Waals surface area contributed by atoms with Crippen LogP contribution in [0.3, 0.4) is 0 Å². The zero-order valence-electron chi connectivity index (χ0n) is 16.3. The third-order valence-corrected chi connectivity index (χ3v) is 4.85. The molecule has 0 aliphatic rings. The average molecular weight is 411 g/mol. The number of hydrogen-bond donors (Lipinski definition) is 2. The van der Waals surface area contributed by atoms with Gasteiger partial charge in [-0.1, -0.05) is 24.8 Å². The van der Waals surface area contributed by atoms with E-state index < -0.39 is 0 Å². The molecule has 0 fully saturated rings. The molecule has 0 bridgehead atoms. The molecule has 2 amide bonds. The number of carbonyl (C=O) groups is 2. The van der Waals surface area contributed by atoms with Gasteiger partial charge >= 0.3 is 0 Å². The Labute approximate surface area is 173 Å². The topological polar surface area (TPSA) is 102 Å². The number of amides is 2. The molecule has 0 saturated heterocycles. The van der Waals surface area contributed by atoms with E-state index in [1.807, 2.05) is 16.7 Å². The van der Waals surface area contributed by atoms with Gasteiger partial charge in [-0.2, -0.15) is 0 Å². The highest BCUT2D eigenvalue weighted by atomic mass is 32.2. The van der Waals surface area contributed by atoms with Crippen LogP contribution < -0.4 is 10.6 Å². The van der Waals surface area contributed by atoms with Crippen molar-refractivity contribution < 1.29 is 9.59 Å². The van der Waals surface area contributed by atoms with E-state index in [0.29, 0.717) is 16.5 Å². The molecule has 8 nitrogen and oxygen atoms in total. The molecule has 0 saturated carbocycles. The number of nitrogens with zero attached hydrogens (tertiary/aromatic N) is 4. The number of pyridine rings is 1. The predicted octanol–water partition coefficient (Wildman–Crippen LogP) is 3.44. The van der Waals surface area contributed by atoms with Crippen molar-refractivity contribution in [3.05, 3.63) is 48.8 Å². The van der Waals surface area contributed by atoms with Crippen molar-refractivity contribution in [1.29, 1.82) is 0 Å². The third-order valence-electron chi connectivity index (χ3n) is 3.88. The maximum atomic E-state index is 12.4. The molecule has 0 spiro atoms. The molecule has 0 aliphatic heterocycles. The molecule has 2 N–H and O–H groups in total. The summed E-state index contributed by atoms with van der Waals surface area (Å²) < 4.78 is 2.01. The van der Waals surface area contributed by atoms with Gasteiger partial charge in [0, 0.05) is 42.8 Å². The molecule has 3 aromatic rings. The summed E-state index contributed by atoms with van der Waals surface area (Å²) in [4.78, 5) is 27.7. The highest BCUT2D eigenvalue weighted by molar-refractivity contribution is 7.99. The molecule has 9 heteroatoms. The lowest BCUT2D eigenvalue weighted by Gasteiger charge is -2.09. The van der Waals surface area contributed by atoms with Crippen molar-refractivity contribution >= 4 is 35.0 Å². The minimum Gasteiger partial charge on any atom is -0.326 e. The molecular weight excluding hydrogens is 388 g/mol. The van der Waals surface area contributed by atoms with Crippen molar-refractivity contribution in [2.75, 3.05) is 16.4 Å². The predicted molar refractivity (Wildman–Crippen MR) is 114 cm³/mol. The SMILES string of the molecule is CCCn1c(SCC(=O)Nc2cccc(NC(C)=O)c2)nnc1-c1cccnc1. The lowest BCUT2D eigenvalue weighted by Crippen LogP contribution is -2.15. The average Bonchev–Trinajstić information content (AvgIpc) is 3.10. The fourth-order valence-corrected chi connectivity index (χ4v) is 3.50. The first kappa shape index (κ1) is 20.5. The van der Waals surface area contributed by atoms with Crippen molar-refractivity contribution in [3.63, 3.8) is 0 Å². The van der Waals surface area contributed by atoms with Gasteiger partial charge in [0.1, 0.15) is 0 Å². The van der Waals surface area contributed by atoms with Crippen molar-refractivity contribution in [2.24, 2.45) is 0 Å². The van der Waals surface area contributed by atoms with Gasteiger partial charge in [0.2, 0.25) is 11.8 Å². The number of hydrogen-bond acceptors (Lipinski definition) is 6. The minimum atomic E-state index is -0.163. The molecule has 3 rings (SSSR count). The summed E-state index contributed by atoms with van der Waals surface area (Å²) in [5.41, 5.74) is 2.14. The van der Waals surface area contributed by atoms with Crippen LogP contribution in [0.5, 0.6) is 0 Å². The van der Waals surface area contributed by atoms with Gasteiger partial charge in [-0.25, -0.2) is 0 Å². The quantitative estimate of drug-likeness (QED) is 0.552. The van der Waals surface area contributed by atoms with Gasteiger partial charge in [0.15, 0.2) is 11.0 Å². The second-order valence-electron chi connectivity index (χ2n) is 6.30. The van der Waals surface area contributed by atoms with Crippen molar-refractivity contribution in [3.8, 4) is 11.4 Å². The Morgan fingerprint density at radius 3 is 2.59 bits per heavy atom. The number of rotatable bonds is 8. The fraction of sp³-hybridized carbons (Fsp3) is 0.250. The van der Waals surface area contributed by atoms with Gasteiger partial charge in [0.25, 0.3) is 0 Å². The Morgan fingerprint density at radius 1 is 1.10 bits per heavy atom. The molecule has 0 atom stereocenters. The smallest absolute Gasteiger partial charge is 0.234 e. The summed E-state index contributed by atoms with van der Waals surface area (Å²) in [5, 5.41) is 14.8. The Hall–Kier alpha value is -3.20. The van der Waals surface area contributed by atoms with E-state index in [1.54, 1.807) is 36.7 Å². The monoisotopic (exact) mass is 410 g/mol. The summed E-state index contributed by atoms with van der Waals surface area (Å²) in [6.07, 6.45) is 4.38. The highest BCUT2D eigenvalue weighted by Crippen LogP contribution is 2.24.